The van der Waals surface area contributed by atoms with E-state index in [0.29, 0.717) is 0 Å². The molecule has 0 aliphatic rings. The average molecular weight is 266 g/mol. The van der Waals surface area contributed by atoms with E-state index < -0.39 is 0 Å². The molecule has 1 rings (SSSR count). The molecule has 1 aromatic rings. The molecule has 0 aliphatic heterocycles. The van der Waals surface area contributed by atoms with Gasteiger partial charge in [-0.05, 0) is 24.6 Å². The van der Waals surface area contributed by atoms with Crippen molar-refractivity contribution < 1.29 is 9.47 Å². The quantitative estimate of drug-likeness (QED) is 0.656. The number of likely N-dealkylation sites (N-methyl/N-ethyl adjacent to an activating group) is 1. The van der Waals surface area contributed by atoms with E-state index in [1.807, 2.05) is 0 Å². The fourth-order valence-corrected chi connectivity index (χ4v) is 1.90. The Morgan fingerprint density at radius 2 is 1.74 bits per heavy atom. The van der Waals surface area contributed by atoms with E-state index >= 15 is 0 Å². The maximum Gasteiger partial charge on any atom is 0.0637 e. The van der Waals surface area contributed by atoms with Crippen molar-refractivity contribution in [3.63, 3.8) is 0 Å². The third-order valence-corrected chi connectivity index (χ3v) is 3.06. The second kappa shape index (κ2) is 9.78. The number of nitrogens with zero attached hydrogens (tertiary/aromatic N) is 1. The van der Waals surface area contributed by atoms with Crippen molar-refractivity contribution in [3.05, 3.63) is 29.8 Å². The number of benzene rings is 1. The smallest absolute Gasteiger partial charge is 0.0637 e. The van der Waals surface area contributed by atoms with Crippen LogP contribution in [0, 0.1) is 0 Å². The van der Waals surface area contributed by atoms with Crippen LogP contribution in [0.25, 0.3) is 0 Å². The summed E-state index contributed by atoms with van der Waals surface area (Å²) < 4.78 is 10.1. The molecule has 0 aromatic heterocycles. The minimum atomic E-state index is 0.749. The highest BCUT2D eigenvalue weighted by molar-refractivity contribution is 5.47. The van der Waals surface area contributed by atoms with Gasteiger partial charge in [0.05, 0.1) is 13.2 Å². The predicted molar refractivity (Wildman–Crippen MR) is 79.8 cm³/mol. The van der Waals surface area contributed by atoms with Gasteiger partial charge in [0, 0.05) is 46.1 Å². The minimum Gasteiger partial charge on any atom is -0.383 e. The third kappa shape index (κ3) is 6.05. The van der Waals surface area contributed by atoms with Crippen LogP contribution in [0.5, 0.6) is 0 Å². The van der Waals surface area contributed by atoms with Gasteiger partial charge in [0.25, 0.3) is 0 Å². The zero-order valence-electron chi connectivity index (χ0n) is 12.3. The molecular weight excluding hydrogens is 240 g/mol. The summed E-state index contributed by atoms with van der Waals surface area (Å²) in [5.41, 5.74) is 2.54. The minimum absolute atomic E-state index is 0.749. The molecule has 0 amide bonds. The Labute approximate surface area is 116 Å². The summed E-state index contributed by atoms with van der Waals surface area (Å²) in [6.07, 6.45) is 0. The predicted octanol–water partition coefficient (Wildman–Crippen LogP) is 1.90. The molecule has 1 N–H and O–H groups in total. The summed E-state index contributed by atoms with van der Waals surface area (Å²) in [6, 6.07) is 8.69. The van der Waals surface area contributed by atoms with Gasteiger partial charge < -0.3 is 19.7 Å². The first-order valence-electron chi connectivity index (χ1n) is 6.84. The van der Waals surface area contributed by atoms with Gasteiger partial charge in [-0.2, -0.15) is 0 Å². The van der Waals surface area contributed by atoms with Gasteiger partial charge in [-0.15, -0.1) is 0 Å². The number of hydrogen-bond acceptors (Lipinski definition) is 4. The molecular formula is C15H26N2O2. The van der Waals surface area contributed by atoms with Crippen molar-refractivity contribution in [2.45, 2.75) is 13.5 Å². The Morgan fingerprint density at radius 1 is 1.05 bits per heavy atom. The van der Waals surface area contributed by atoms with Crippen LogP contribution >= 0.6 is 0 Å². The zero-order valence-corrected chi connectivity index (χ0v) is 12.3. The van der Waals surface area contributed by atoms with Crippen LogP contribution in [-0.4, -0.2) is 47.1 Å². The molecule has 1 aromatic carbocycles. The molecule has 0 fully saturated rings. The summed E-state index contributed by atoms with van der Waals surface area (Å²) in [5.74, 6) is 0. The Balaban J connectivity index is 2.45. The molecule has 0 unspecified atom stereocenters. The monoisotopic (exact) mass is 266 g/mol. The topological polar surface area (TPSA) is 33.7 Å². The Bertz CT molecular complexity index is 327. The first-order valence-corrected chi connectivity index (χ1v) is 6.84. The molecule has 0 saturated carbocycles. The maximum atomic E-state index is 5.13. The van der Waals surface area contributed by atoms with Crippen molar-refractivity contribution in [2.24, 2.45) is 0 Å². The fourth-order valence-electron chi connectivity index (χ4n) is 1.90. The zero-order chi connectivity index (χ0) is 13.9. The Morgan fingerprint density at radius 3 is 2.32 bits per heavy atom. The van der Waals surface area contributed by atoms with Crippen molar-refractivity contribution in [1.82, 2.24) is 5.32 Å². The lowest BCUT2D eigenvalue weighted by Crippen LogP contribution is -2.26. The van der Waals surface area contributed by atoms with Gasteiger partial charge >= 0.3 is 0 Å². The summed E-state index contributed by atoms with van der Waals surface area (Å²) in [5, 5.41) is 3.34. The summed E-state index contributed by atoms with van der Waals surface area (Å²) in [6.45, 7) is 7.36. The SMILES string of the molecule is CCN(CCOC)c1ccc(CNCCOC)cc1. The van der Waals surface area contributed by atoms with Crippen molar-refractivity contribution in [1.29, 1.82) is 0 Å². The van der Waals surface area contributed by atoms with Crippen molar-refractivity contribution >= 4 is 5.69 Å². The molecule has 4 heteroatoms. The van der Waals surface area contributed by atoms with E-state index in [1.165, 1.54) is 11.3 Å². The molecule has 0 radical (unpaired) electrons. The first kappa shape index (κ1) is 16.0. The average Bonchev–Trinajstić information content (AvgIpc) is 2.46. The lowest BCUT2D eigenvalue weighted by Gasteiger charge is -2.22. The standard InChI is InChI=1S/C15H26N2O2/c1-4-17(10-12-19-3)15-7-5-14(6-8-15)13-16-9-11-18-2/h5-8,16H,4,9-13H2,1-3H3. The highest BCUT2D eigenvalue weighted by Crippen LogP contribution is 2.14. The summed E-state index contributed by atoms with van der Waals surface area (Å²) in [4.78, 5) is 2.31. The molecule has 108 valence electrons. The lowest BCUT2D eigenvalue weighted by molar-refractivity contribution is 0.199. The number of ether oxygens (including phenoxy) is 2. The van der Waals surface area contributed by atoms with Crippen molar-refractivity contribution in [2.75, 3.05) is 52.0 Å². The van der Waals surface area contributed by atoms with E-state index in [4.69, 9.17) is 9.47 Å². The second-order valence-corrected chi connectivity index (χ2v) is 4.41. The van der Waals surface area contributed by atoms with E-state index in [-0.39, 0.29) is 0 Å². The molecule has 0 saturated heterocycles. The highest BCUT2D eigenvalue weighted by atomic mass is 16.5. The highest BCUT2D eigenvalue weighted by Gasteiger charge is 2.03. The summed E-state index contributed by atoms with van der Waals surface area (Å²) in [7, 11) is 3.46. The molecule has 19 heavy (non-hydrogen) atoms. The van der Waals surface area contributed by atoms with E-state index in [9.17, 15) is 0 Å². The van der Waals surface area contributed by atoms with Crippen LogP contribution in [0.2, 0.25) is 0 Å². The Kier molecular flexibility index (Phi) is 8.21. The first-order chi connectivity index (χ1) is 9.31. The van der Waals surface area contributed by atoms with Crippen LogP contribution < -0.4 is 10.2 Å². The number of methoxy groups -OCH3 is 2. The number of nitrogens with one attached hydrogen (secondary N) is 1. The molecule has 0 atom stereocenters. The molecule has 0 heterocycles. The van der Waals surface area contributed by atoms with Gasteiger partial charge in [-0.3, -0.25) is 0 Å². The fraction of sp³-hybridized carbons (Fsp3) is 0.600. The van der Waals surface area contributed by atoms with Gasteiger partial charge in [0.2, 0.25) is 0 Å². The molecule has 4 nitrogen and oxygen atoms in total. The van der Waals surface area contributed by atoms with Crippen LogP contribution in [0.3, 0.4) is 0 Å². The maximum absolute atomic E-state index is 5.13. The lowest BCUT2D eigenvalue weighted by atomic mass is 10.2. The van der Waals surface area contributed by atoms with Gasteiger partial charge in [0.15, 0.2) is 0 Å². The van der Waals surface area contributed by atoms with E-state index in [2.05, 4.69) is 41.4 Å². The number of anilines is 1. The van der Waals surface area contributed by atoms with Crippen LogP contribution in [0.15, 0.2) is 24.3 Å². The normalized spacial score (nSPS) is 10.7. The number of hydrogen-bond donors (Lipinski definition) is 1. The molecule has 0 aliphatic carbocycles. The van der Waals surface area contributed by atoms with Gasteiger partial charge in [0.1, 0.15) is 0 Å². The third-order valence-electron chi connectivity index (χ3n) is 3.06. The second-order valence-electron chi connectivity index (χ2n) is 4.41. The van der Waals surface area contributed by atoms with E-state index in [0.717, 1.165) is 39.4 Å². The van der Waals surface area contributed by atoms with Crippen LogP contribution in [-0.2, 0) is 16.0 Å². The van der Waals surface area contributed by atoms with Crippen molar-refractivity contribution in [3.8, 4) is 0 Å². The van der Waals surface area contributed by atoms with Gasteiger partial charge in [-0.25, -0.2) is 0 Å². The van der Waals surface area contributed by atoms with Crippen LogP contribution in [0.1, 0.15) is 12.5 Å². The number of rotatable bonds is 10. The molecule has 0 bridgehead atoms. The van der Waals surface area contributed by atoms with Crippen LogP contribution in [0.4, 0.5) is 5.69 Å². The summed E-state index contributed by atoms with van der Waals surface area (Å²) >= 11 is 0. The largest absolute Gasteiger partial charge is 0.383 e. The van der Waals surface area contributed by atoms with E-state index in [1.54, 1.807) is 14.2 Å². The molecule has 0 spiro atoms. The van der Waals surface area contributed by atoms with Gasteiger partial charge in [-0.1, -0.05) is 12.1 Å². The Hall–Kier alpha value is -1.10.